The van der Waals surface area contributed by atoms with Crippen LogP contribution >= 0.6 is 0 Å². The Morgan fingerprint density at radius 3 is 2.14 bits per heavy atom. The van der Waals surface area contributed by atoms with Crippen LogP contribution in [0, 0.1) is 11.3 Å². The lowest BCUT2D eigenvalue weighted by Gasteiger charge is -2.39. The highest BCUT2D eigenvalue weighted by molar-refractivity contribution is 4.89. The molecule has 1 N–H and O–H groups in total. The lowest BCUT2D eigenvalue weighted by molar-refractivity contribution is 0.0298. The smallest absolute Gasteiger partial charge is 0.113 e. The molecular weight excluding hydrogens is 179 g/mol. The number of aliphatic hydroxyl groups is 1. The van der Waals surface area contributed by atoms with Gasteiger partial charge in [-0.15, -0.1) is 0 Å². The maximum absolute atomic E-state index is 14.0. The molecule has 0 bridgehead atoms. The summed E-state index contributed by atoms with van der Waals surface area (Å²) >= 11 is 0. The van der Waals surface area contributed by atoms with Gasteiger partial charge in [-0.25, -0.2) is 4.39 Å². The van der Waals surface area contributed by atoms with Crippen LogP contribution in [0.25, 0.3) is 0 Å². The molecule has 0 aromatic heterocycles. The first-order chi connectivity index (χ1) is 6.37. The molecule has 1 fully saturated rings. The van der Waals surface area contributed by atoms with Gasteiger partial charge in [-0.3, -0.25) is 0 Å². The third kappa shape index (κ3) is 2.94. The summed E-state index contributed by atoms with van der Waals surface area (Å²) in [5.74, 6) is 0.644. The predicted octanol–water partition coefficient (Wildman–Crippen LogP) is 3.31. The predicted molar refractivity (Wildman–Crippen MR) is 57.0 cm³/mol. The summed E-state index contributed by atoms with van der Waals surface area (Å²) in [6.45, 7) is 6.68. The Bertz CT molecular complexity index is 175. The summed E-state index contributed by atoms with van der Waals surface area (Å²) in [6.07, 6.45) is 3.54. The van der Waals surface area contributed by atoms with Crippen molar-refractivity contribution >= 4 is 0 Å². The zero-order chi connectivity index (χ0) is 10.8. The number of hydrogen-bond donors (Lipinski definition) is 1. The minimum absolute atomic E-state index is 0.0172. The van der Waals surface area contributed by atoms with Crippen molar-refractivity contribution in [3.05, 3.63) is 0 Å². The van der Waals surface area contributed by atoms with Gasteiger partial charge in [0.1, 0.15) is 5.67 Å². The molecule has 0 spiro atoms. The fraction of sp³-hybridized carbons (Fsp3) is 1.00. The van der Waals surface area contributed by atoms with Gasteiger partial charge in [0.05, 0.1) is 0 Å². The molecule has 84 valence electrons. The molecule has 0 aromatic rings. The summed E-state index contributed by atoms with van der Waals surface area (Å²) in [5.41, 5.74) is -0.767. The number of aliphatic hydroxyl groups excluding tert-OH is 1. The number of alkyl halides is 1. The lowest BCUT2D eigenvalue weighted by atomic mass is 9.68. The van der Waals surface area contributed by atoms with Crippen LogP contribution in [0.2, 0.25) is 0 Å². The molecule has 2 heteroatoms. The molecule has 0 aromatic carbocycles. The van der Waals surface area contributed by atoms with E-state index in [4.69, 9.17) is 5.11 Å². The quantitative estimate of drug-likeness (QED) is 0.728. The van der Waals surface area contributed by atoms with Crippen LogP contribution < -0.4 is 0 Å². The Balaban J connectivity index is 2.45. The van der Waals surface area contributed by atoms with E-state index >= 15 is 0 Å². The topological polar surface area (TPSA) is 20.2 Å². The Labute approximate surface area is 86.7 Å². The van der Waals surface area contributed by atoms with Crippen molar-refractivity contribution in [2.75, 3.05) is 6.61 Å². The third-order valence-corrected chi connectivity index (χ3v) is 3.67. The monoisotopic (exact) mass is 202 g/mol. The standard InChI is InChI=1S/C12H23FO/c1-11(2,3)10-4-6-12(13,7-5-10)8-9-14/h10,14H,4-9H2,1-3H3. The average Bonchev–Trinajstić information content (AvgIpc) is 2.03. The summed E-state index contributed by atoms with van der Waals surface area (Å²) in [4.78, 5) is 0. The van der Waals surface area contributed by atoms with E-state index in [1.807, 2.05) is 0 Å². The second-order valence-corrected chi connectivity index (χ2v) is 5.76. The van der Waals surface area contributed by atoms with Crippen LogP contribution in [0.5, 0.6) is 0 Å². The summed E-state index contributed by atoms with van der Waals surface area (Å²) in [5, 5.41) is 8.77. The van der Waals surface area contributed by atoms with Crippen LogP contribution in [0.15, 0.2) is 0 Å². The molecule has 1 nitrogen and oxygen atoms in total. The molecular formula is C12H23FO. The normalized spacial score (nSPS) is 34.5. The lowest BCUT2D eigenvalue weighted by Crippen LogP contribution is -2.34. The maximum atomic E-state index is 14.0. The second kappa shape index (κ2) is 4.18. The fourth-order valence-corrected chi connectivity index (χ4v) is 2.45. The van der Waals surface area contributed by atoms with Gasteiger partial charge in [-0.2, -0.15) is 0 Å². The summed E-state index contributed by atoms with van der Waals surface area (Å²) < 4.78 is 14.0. The van der Waals surface area contributed by atoms with E-state index in [9.17, 15) is 4.39 Å². The molecule has 1 aliphatic carbocycles. The van der Waals surface area contributed by atoms with Crippen LogP contribution in [-0.2, 0) is 0 Å². The van der Waals surface area contributed by atoms with E-state index < -0.39 is 5.67 Å². The van der Waals surface area contributed by atoms with E-state index in [0.29, 0.717) is 30.6 Å². The van der Waals surface area contributed by atoms with Gasteiger partial charge in [-0.05, 0) is 37.0 Å². The average molecular weight is 202 g/mol. The third-order valence-electron chi connectivity index (χ3n) is 3.67. The van der Waals surface area contributed by atoms with Gasteiger partial charge in [0.15, 0.2) is 0 Å². The molecule has 1 aliphatic rings. The Morgan fingerprint density at radius 1 is 1.29 bits per heavy atom. The van der Waals surface area contributed by atoms with Gasteiger partial charge in [0.2, 0.25) is 0 Å². The number of halogens is 1. The van der Waals surface area contributed by atoms with Crippen molar-refractivity contribution in [1.82, 2.24) is 0 Å². The van der Waals surface area contributed by atoms with Crippen LogP contribution in [0.1, 0.15) is 52.9 Å². The van der Waals surface area contributed by atoms with E-state index in [1.54, 1.807) is 0 Å². The van der Waals surface area contributed by atoms with Gasteiger partial charge >= 0.3 is 0 Å². The van der Waals surface area contributed by atoms with Crippen molar-refractivity contribution in [3.63, 3.8) is 0 Å². The first kappa shape index (κ1) is 12.0. The molecule has 0 heterocycles. The molecule has 14 heavy (non-hydrogen) atoms. The highest BCUT2D eigenvalue weighted by Crippen LogP contribution is 2.44. The molecule has 1 saturated carbocycles. The zero-order valence-corrected chi connectivity index (χ0v) is 9.65. The molecule has 0 atom stereocenters. The van der Waals surface area contributed by atoms with Crippen LogP contribution in [0.3, 0.4) is 0 Å². The van der Waals surface area contributed by atoms with Gasteiger partial charge in [0.25, 0.3) is 0 Å². The van der Waals surface area contributed by atoms with Gasteiger partial charge < -0.3 is 5.11 Å². The molecule has 0 saturated heterocycles. The van der Waals surface area contributed by atoms with Crippen molar-refractivity contribution in [2.24, 2.45) is 11.3 Å². The van der Waals surface area contributed by atoms with Crippen molar-refractivity contribution < 1.29 is 9.50 Å². The Kier molecular flexibility index (Phi) is 3.57. The first-order valence-corrected chi connectivity index (χ1v) is 5.67. The summed E-state index contributed by atoms with van der Waals surface area (Å²) in [7, 11) is 0. The molecule has 1 rings (SSSR count). The van der Waals surface area contributed by atoms with Crippen molar-refractivity contribution in [2.45, 2.75) is 58.5 Å². The Hall–Kier alpha value is -0.110. The molecule has 0 amide bonds. The SMILES string of the molecule is CC(C)(C)C1CCC(F)(CCO)CC1. The van der Waals surface area contributed by atoms with Gasteiger partial charge in [0, 0.05) is 13.0 Å². The highest BCUT2D eigenvalue weighted by Gasteiger charge is 2.38. The highest BCUT2D eigenvalue weighted by atomic mass is 19.1. The van der Waals surface area contributed by atoms with Crippen LogP contribution in [0.4, 0.5) is 4.39 Å². The Morgan fingerprint density at radius 2 is 1.79 bits per heavy atom. The maximum Gasteiger partial charge on any atom is 0.113 e. The van der Waals surface area contributed by atoms with E-state index in [2.05, 4.69) is 20.8 Å². The minimum atomic E-state index is -1.07. The molecule has 0 aliphatic heterocycles. The number of hydrogen-bond acceptors (Lipinski definition) is 1. The zero-order valence-electron chi connectivity index (χ0n) is 9.65. The first-order valence-electron chi connectivity index (χ1n) is 5.67. The van der Waals surface area contributed by atoms with Crippen molar-refractivity contribution in [3.8, 4) is 0 Å². The van der Waals surface area contributed by atoms with E-state index in [-0.39, 0.29) is 6.61 Å². The van der Waals surface area contributed by atoms with Crippen LogP contribution in [-0.4, -0.2) is 17.4 Å². The van der Waals surface area contributed by atoms with E-state index in [1.165, 1.54) is 0 Å². The fourth-order valence-electron chi connectivity index (χ4n) is 2.45. The largest absolute Gasteiger partial charge is 0.396 e. The molecule has 0 radical (unpaired) electrons. The molecule has 0 unspecified atom stereocenters. The second-order valence-electron chi connectivity index (χ2n) is 5.76. The van der Waals surface area contributed by atoms with E-state index in [0.717, 1.165) is 12.8 Å². The summed E-state index contributed by atoms with van der Waals surface area (Å²) in [6, 6.07) is 0. The minimum Gasteiger partial charge on any atom is -0.396 e. The van der Waals surface area contributed by atoms with Gasteiger partial charge in [-0.1, -0.05) is 20.8 Å². The van der Waals surface area contributed by atoms with Crippen molar-refractivity contribution in [1.29, 1.82) is 0 Å². The number of rotatable bonds is 2.